The number of benzene rings is 2. The molecule has 1 atom stereocenters. The van der Waals surface area contributed by atoms with Crippen LogP contribution in [0.15, 0.2) is 47.3 Å². The van der Waals surface area contributed by atoms with Crippen molar-refractivity contribution in [2.45, 2.75) is 45.9 Å². The molecule has 30 heavy (non-hydrogen) atoms. The molecular formula is C22H23Cl2N3O3. The van der Waals surface area contributed by atoms with E-state index in [0.717, 1.165) is 5.56 Å². The van der Waals surface area contributed by atoms with Crippen LogP contribution in [0.1, 0.15) is 45.1 Å². The van der Waals surface area contributed by atoms with Crippen LogP contribution < -0.4 is 10.9 Å². The highest BCUT2D eigenvalue weighted by Crippen LogP contribution is 2.23. The minimum Gasteiger partial charge on any atom is -0.444 e. The molecule has 0 saturated carbocycles. The highest BCUT2D eigenvalue weighted by molar-refractivity contribution is 6.35. The van der Waals surface area contributed by atoms with Crippen molar-refractivity contribution in [1.82, 2.24) is 14.9 Å². The minimum absolute atomic E-state index is 0.183. The standard InChI is InChI=1S/C22H23Cl2N3O3/c1-13(25-21(29)30-22(2,3)4)19-26-17-11-7-10-16(24)18(17)20(28)27(19)12-14-8-5-6-9-15(14)23/h5-11,13H,12H2,1-4H3,(H,25,29)/t13-/m0/s1. The second-order valence-electron chi connectivity index (χ2n) is 7.95. The number of alkyl carbamates (subject to hydrolysis) is 1. The predicted octanol–water partition coefficient (Wildman–Crippen LogP) is 5.34. The topological polar surface area (TPSA) is 73.2 Å². The Hall–Kier alpha value is -2.57. The first kappa shape index (κ1) is 22.1. The van der Waals surface area contributed by atoms with Gasteiger partial charge < -0.3 is 10.1 Å². The van der Waals surface area contributed by atoms with Crippen LogP contribution in [0.5, 0.6) is 0 Å². The maximum atomic E-state index is 13.4. The molecule has 0 aliphatic carbocycles. The first-order valence-corrected chi connectivity index (χ1v) is 10.2. The number of hydrogen-bond donors (Lipinski definition) is 1. The molecule has 1 heterocycles. The molecule has 6 nitrogen and oxygen atoms in total. The van der Waals surface area contributed by atoms with Gasteiger partial charge in [0.15, 0.2) is 0 Å². The van der Waals surface area contributed by atoms with E-state index in [-0.39, 0.29) is 12.1 Å². The molecule has 0 saturated heterocycles. The fourth-order valence-electron chi connectivity index (χ4n) is 3.07. The van der Waals surface area contributed by atoms with Crippen LogP contribution in [-0.2, 0) is 11.3 Å². The van der Waals surface area contributed by atoms with Gasteiger partial charge in [0.1, 0.15) is 11.4 Å². The predicted molar refractivity (Wildman–Crippen MR) is 119 cm³/mol. The molecule has 2 aromatic carbocycles. The SMILES string of the molecule is C[C@H](NC(=O)OC(C)(C)C)c1nc2cccc(Cl)c2c(=O)n1Cc1ccccc1Cl. The fourth-order valence-corrected chi connectivity index (χ4v) is 3.52. The summed E-state index contributed by atoms with van der Waals surface area (Å²) in [4.78, 5) is 30.3. The number of halogens is 2. The van der Waals surface area contributed by atoms with Gasteiger partial charge >= 0.3 is 6.09 Å². The summed E-state index contributed by atoms with van der Waals surface area (Å²) < 4.78 is 6.82. The summed E-state index contributed by atoms with van der Waals surface area (Å²) in [5, 5.41) is 3.92. The lowest BCUT2D eigenvalue weighted by Gasteiger charge is -2.23. The van der Waals surface area contributed by atoms with Crippen molar-refractivity contribution < 1.29 is 9.53 Å². The Labute approximate surface area is 184 Å². The number of nitrogens with one attached hydrogen (secondary N) is 1. The molecule has 0 bridgehead atoms. The Balaban J connectivity index is 2.11. The molecule has 1 aromatic heterocycles. The van der Waals surface area contributed by atoms with E-state index in [9.17, 15) is 9.59 Å². The Morgan fingerprint density at radius 1 is 1.13 bits per heavy atom. The zero-order valence-corrected chi connectivity index (χ0v) is 18.7. The third-order valence-corrected chi connectivity index (χ3v) is 5.05. The second-order valence-corrected chi connectivity index (χ2v) is 8.77. The summed E-state index contributed by atoms with van der Waals surface area (Å²) >= 11 is 12.6. The summed E-state index contributed by atoms with van der Waals surface area (Å²) in [6.45, 7) is 7.26. The second kappa shape index (κ2) is 8.66. The Bertz CT molecular complexity index is 1150. The van der Waals surface area contributed by atoms with Crippen molar-refractivity contribution in [3.05, 3.63) is 74.3 Å². The van der Waals surface area contributed by atoms with Gasteiger partial charge in [-0.15, -0.1) is 0 Å². The van der Waals surface area contributed by atoms with Crippen LogP contribution >= 0.6 is 23.2 Å². The molecule has 3 aromatic rings. The van der Waals surface area contributed by atoms with Crippen molar-refractivity contribution in [2.75, 3.05) is 0 Å². The van der Waals surface area contributed by atoms with Gasteiger partial charge in [0.05, 0.1) is 28.5 Å². The molecule has 0 fully saturated rings. The molecule has 8 heteroatoms. The number of fused-ring (bicyclic) bond motifs is 1. The molecular weight excluding hydrogens is 425 g/mol. The molecule has 1 N–H and O–H groups in total. The lowest BCUT2D eigenvalue weighted by atomic mass is 10.1. The third-order valence-electron chi connectivity index (χ3n) is 4.37. The summed E-state index contributed by atoms with van der Waals surface area (Å²) in [7, 11) is 0. The fraction of sp³-hybridized carbons (Fsp3) is 0.318. The van der Waals surface area contributed by atoms with E-state index in [1.54, 1.807) is 52.0 Å². The van der Waals surface area contributed by atoms with Gasteiger partial charge in [0, 0.05) is 5.02 Å². The van der Waals surface area contributed by atoms with E-state index in [0.29, 0.717) is 26.8 Å². The van der Waals surface area contributed by atoms with E-state index in [1.165, 1.54) is 4.57 Å². The van der Waals surface area contributed by atoms with Gasteiger partial charge in [-0.2, -0.15) is 0 Å². The van der Waals surface area contributed by atoms with Crippen molar-refractivity contribution >= 4 is 40.2 Å². The minimum atomic E-state index is -0.647. The molecule has 0 radical (unpaired) electrons. The van der Waals surface area contributed by atoms with Gasteiger partial charge in [-0.05, 0) is 51.5 Å². The van der Waals surface area contributed by atoms with Crippen LogP contribution in [0.2, 0.25) is 10.0 Å². The molecule has 1 amide bonds. The van der Waals surface area contributed by atoms with Crippen LogP contribution in [-0.4, -0.2) is 21.2 Å². The highest BCUT2D eigenvalue weighted by atomic mass is 35.5. The maximum absolute atomic E-state index is 13.4. The zero-order chi connectivity index (χ0) is 22.1. The zero-order valence-electron chi connectivity index (χ0n) is 17.2. The van der Waals surface area contributed by atoms with Gasteiger partial charge in [0.25, 0.3) is 5.56 Å². The van der Waals surface area contributed by atoms with Crippen LogP contribution in [0, 0.1) is 0 Å². The first-order valence-electron chi connectivity index (χ1n) is 9.48. The average molecular weight is 448 g/mol. The highest BCUT2D eigenvalue weighted by Gasteiger charge is 2.23. The van der Waals surface area contributed by atoms with E-state index in [2.05, 4.69) is 10.3 Å². The Morgan fingerprint density at radius 2 is 1.80 bits per heavy atom. The van der Waals surface area contributed by atoms with Gasteiger partial charge in [-0.1, -0.05) is 47.5 Å². The molecule has 0 spiro atoms. The first-order chi connectivity index (χ1) is 14.1. The normalized spacial score (nSPS) is 12.6. The van der Waals surface area contributed by atoms with Gasteiger partial charge in [-0.3, -0.25) is 9.36 Å². The van der Waals surface area contributed by atoms with Crippen molar-refractivity contribution in [1.29, 1.82) is 0 Å². The molecule has 0 aliphatic rings. The third kappa shape index (κ3) is 4.94. The smallest absolute Gasteiger partial charge is 0.408 e. The summed E-state index contributed by atoms with van der Waals surface area (Å²) in [6.07, 6.45) is -0.597. The summed E-state index contributed by atoms with van der Waals surface area (Å²) in [6, 6.07) is 11.7. The molecule has 158 valence electrons. The Morgan fingerprint density at radius 3 is 2.47 bits per heavy atom. The lowest BCUT2D eigenvalue weighted by molar-refractivity contribution is 0.0505. The molecule has 0 aliphatic heterocycles. The van der Waals surface area contributed by atoms with E-state index < -0.39 is 17.7 Å². The number of carbonyl (C=O) groups is 1. The number of rotatable bonds is 4. The van der Waals surface area contributed by atoms with Crippen LogP contribution in [0.4, 0.5) is 4.79 Å². The molecule has 0 unspecified atom stereocenters. The van der Waals surface area contributed by atoms with Crippen molar-refractivity contribution in [3.8, 4) is 0 Å². The molecule has 3 rings (SSSR count). The van der Waals surface area contributed by atoms with Crippen molar-refractivity contribution in [2.24, 2.45) is 0 Å². The van der Waals surface area contributed by atoms with Crippen LogP contribution in [0.25, 0.3) is 10.9 Å². The van der Waals surface area contributed by atoms with E-state index in [1.807, 2.05) is 18.2 Å². The number of carbonyl (C=O) groups excluding carboxylic acids is 1. The van der Waals surface area contributed by atoms with Gasteiger partial charge in [-0.25, -0.2) is 9.78 Å². The number of aromatic nitrogens is 2. The van der Waals surface area contributed by atoms with Crippen LogP contribution in [0.3, 0.4) is 0 Å². The number of ether oxygens (including phenoxy) is 1. The number of amides is 1. The summed E-state index contributed by atoms with van der Waals surface area (Å²) in [5.41, 5.74) is 0.250. The number of nitrogens with zero attached hydrogens (tertiary/aromatic N) is 2. The largest absolute Gasteiger partial charge is 0.444 e. The maximum Gasteiger partial charge on any atom is 0.408 e. The lowest BCUT2D eigenvalue weighted by Crippen LogP contribution is -2.37. The monoisotopic (exact) mass is 447 g/mol. The Kier molecular flexibility index (Phi) is 6.38. The van der Waals surface area contributed by atoms with E-state index >= 15 is 0 Å². The number of hydrogen-bond acceptors (Lipinski definition) is 4. The van der Waals surface area contributed by atoms with E-state index in [4.69, 9.17) is 27.9 Å². The quantitative estimate of drug-likeness (QED) is 0.585. The average Bonchev–Trinajstić information content (AvgIpc) is 2.63. The van der Waals surface area contributed by atoms with Gasteiger partial charge in [0.2, 0.25) is 0 Å². The summed E-state index contributed by atoms with van der Waals surface area (Å²) in [5.74, 6) is 0.376. The van der Waals surface area contributed by atoms with Crippen molar-refractivity contribution in [3.63, 3.8) is 0 Å².